The maximum atomic E-state index is 13.2. The number of fused-ring (bicyclic) bond motifs is 1. The van der Waals surface area contributed by atoms with Crippen LogP contribution in [-0.2, 0) is 22.4 Å². The Morgan fingerprint density at radius 1 is 0.636 bits per heavy atom. The molecule has 1 nitrogen and oxygen atoms in total. The zero-order valence-corrected chi connectivity index (χ0v) is 20.7. The van der Waals surface area contributed by atoms with Crippen LogP contribution in [0.25, 0.3) is 10.9 Å². The number of aromatic nitrogens is 1. The van der Waals surface area contributed by atoms with Gasteiger partial charge in [-0.15, -0.1) is 11.6 Å². The molecule has 1 aromatic heterocycles. The fourth-order valence-electron chi connectivity index (χ4n) is 3.42. The second-order valence-corrected chi connectivity index (χ2v) is 9.18. The van der Waals surface area contributed by atoms with Crippen LogP contribution in [0.1, 0.15) is 5.56 Å². The van der Waals surface area contributed by atoms with Crippen molar-refractivity contribution in [2.24, 2.45) is 0 Å². The number of halogens is 1. The molecule has 0 saturated heterocycles. The van der Waals surface area contributed by atoms with Gasteiger partial charge in [0.05, 0.1) is 0 Å². The molecule has 0 aliphatic rings. The molecule has 0 saturated carbocycles. The van der Waals surface area contributed by atoms with E-state index in [1.54, 1.807) is 18.3 Å². The molecule has 0 aliphatic carbocycles. The van der Waals surface area contributed by atoms with Crippen LogP contribution in [0.5, 0.6) is 0 Å². The van der Waals surface area contributed by atoms with Gasteiger partial charge in [-0.1, -0.05) is 91.0 Å². The van der Waals surface area contributed by atoms with Gasteiger partial charge in [-0.3, -0.25) is 10.9 Å². The fourth-order valence-corrected chi connectivity index (χ4v) is 5.72. The van der Waals surface area contributed by atoms with Crippen LogP contribution >= 0.6 is 7.92 Å². The number of hydrogen-bond acceptors (Lipinski definition) is 1. The minimum absolute atomic E-state index is 0. The zero-order chi connectivity index (χ0) is 22.2. The molecular weight excluding hydrogens is 609 g/mol. The predicted molar refractivity (Wildman–Crippen MR) is 133 cm³/mol. The van der Waals surface area contributed by atoms with Gasteiger partial charge in [0, 0.05) is 17.1 Å². The van der Waals surface area contributed by atoms with E-state index in [0.29, 0.717) is 16.5 Å². The van der Waals surface area contributed by atoms with E-state index >= 15 is 0 Å². The molecule has 0 amide bonds. The monoisotopic (exact) mass is 629 g/mol. The summed E-state index contributed by atoms with van der Waals surface area (Å²) in [5, 5.41) is 4.62. The van der Waals surface area contributed by atoms with Crippen LogP contribution in [-0.4, -0.2) is 4.98 Å². The van der Waals surface area contributed by atoms with Crippen LogP contribution < -0.4 is 15.9 Å². The van der Waals surface area contributed by atoms with E-state index in [1.807, 2.05) is 0 Å². The summed E-state index contributed by atoms with van der Waals surface area (Å²) in [6.45, 7) is 0. The Labute approximate surface area is 211 Å². The number of benzene rings is 4. The maximum absolute atomic E-state index is 13.2. The summed E-state index contributed by atoms with van der Waals surface area (Å²) in [5.41, 5.74) is 0.995. The molecule has 0 aliphatic heterocycles. The molecule has 0 N–H and O–H groups in total. The number of pyridine rings is 1. The van der Waals surface area contributed by atoms with Crippen LogP contribution in [0.4, 0.5) is 4.39 Å². The summed E-state index contributed by atoms with van der Waals surface area (Å²) in [6, 6.07) is 38.4. The molecule has 0 fully saturated rings. The Balaban J connectivity index is 0.000000192. The van der Waals surface area contributed by atoms with Gasteiger partial charge in [-0.2, -0.15) is 0 Å². The summed E-state index contributed by atoms with van der Waals surface area (Å²) in [7, 11) is -0.446. The molecule has 0 radical (unpaired) electrons. The van der Waals surface area contributed by atoms with Crippen LogP contribution in [0, 0.1) is 18.2 Å². The molecule has 5 aromatic rings. The van der Waals surface area contributed by atoms with Crippen molar-refractivity contribution in [3.05, 3.63) is 139 Å². The van der Waals surface area contributed by atoms with E-state index in [0.717, 1.165) is 0 Å². The molecule has 164 valence electrons. The number of hydrogen-bond donors (Lipinski definition) is 0. The van der Waals surface area contributed by atoms with Gasteiger partial charge in [-0.05, 0) is 42.0 Å². The standard InChI is InChI=1S/C18H15P.C11H5FN.Au/c1-4-10-16(11-5-1)19(17-12-6-2-7-13-17)18-14-8-3-9-15-18;1-2-8-5-6-10(12)9-4-3-7-13-11(8)9;/h1-15H;3-7H;/q;-1;+1. The van der Waals surface area contributed by atoms with Crippen LogP contribution in [0.15, 0.2) is 121 Å². The third-order valence-corrected chi connectivity index (χ3v) is 7.34. The van der Waals surface area contributed by atoms with Gasteiger partial charge in [-0.25, -0.2) is 4.39 Å². The number of nitrogens with zero attached hydrogens (tertiary/aromatic N) is 1. The predicted octanol–water partition coefficient (Wildman–Crippen LogP) is 5.75. The molecule has 0 spiro atoms. The molecular formula is C29H20AuFNP. The van der Waals surface area contributed by atoms with Crippen LogP contribution in [0.2, 0.25) is 0 Å². The van der Waals surface area contributed by atoms with Gasteiger partial charge in [0.25, 0.3) is 0 Å². The van der Waals surface area contributed by atoms with Gasteiger partial charge in [0.1, 0.15) is 5.82 Å². The van der Waals surface area contributed by atoms with Gasteiger partial charge < -0.3 is 6.42 Å². The first kappa shape index (κ1) is 24.6. The third kappa shape index (κ3) is 6.05. The molecule has 5 rings (SSSR count). The molecule has 4 aromatic carbocycles. The summed E-state index contributed by atoms with van der Waals surface area (Å²) >= 11 is 0. The molecule has 4 heteroatoms. The van der Waals surface area contributed by atoms with E-state index in [4.69, 9.17) is 6.42 Å². The second kappa shape index (κ2) is 12.3. The zero-order valence-electron chi connectivity index (χ0n) is 17.6. The Morgan fingerprint density at radius 2 is 1.12 bits per heavy atom. The van der Waals surface area contributed by atoms with Crippen molar-refractivity contribution < 1.29 is 26.8 Å². The third-order valence-electron chi connectivity index (χ3n) is 4.89. The Morgan fingerprint density at radius 3 is 1.58 bits per heavy atom. The Kier molecular flexibility index (Phi) is 9.14. The topological polar surface area (TPSA) is 12.9 Å². The quantitative estimate of drug-likeness (QED) is 0.107. The van der Waals surface area contributed by atoms with Crippen molar-refractivity contribution in [1.82, 2.24) is 4.98 Å². The normalized spacial score (nSPS) is 9.97. The van der Waals surface area contributed by atoms with Crippen LogP contribution in [0.3, 0.4) is 0 Å². The molecule has 1 heterocycles. The molecule has 33 heavy (non-hydrogen) atoms. The average Bonchev–Trinajstić information content (AvgIpc) is 2.87. The van der Waals surface area contributed by atoms with Crippen molar-refractivity contribution in [2.75, 3.05) is 0 Å². The maximum Gasteiger partial charge on any atom is 1.00 e. The smallest absolute Gasteiger partial charge is 0.366 e. The first-order chi connectivity index (χ1) is 15.8. The van der Waals surface area contributed by atoms with E-state index < -0.39 is 7.92 Å². The Bertz CT molecular complexity index is 1240. The molecule has 0 unspecified atom stereocenters. The Hall–Kier alpha value is -3.05. The summed E-state index contributed by atoms with van der Waals surface area (Å²) in [4.78, 5) is 3.99. The van der Waals surface area contributed by atoms with Crippen molar-refractivity contribution in [1.29, 1.82) is 0 Å². The summed E-state index contributed by atoms with van der Waals surface area (Å²) in [6.07, 6.45) is 8.56. The number of rotatable bonds is 3. The van der Waals surface area contributed by atoms with Gasteiger partial charge in [0.15, 0.2) is 0 Å². The van der Waals surface area contributed by atoms with E-state index in [-0.39, 0.29) is 28.2 Å². The average molecular weight is 629 g/mol. The summed E-state index contributed by atoms with van der Waals surface area (Å²) in [5.74, 6) is 1.90. The van der Waals surface area contributed by atoms with Crippen molar-refractivity contribution in [3.63, 3.8) is 0 Å². The van der Waals surface area contributed by atoms with E-state index in [9.17, 15) is 4.39 Å². The fraction of sp³-hybridized carbons (Fsp3) is 0. The minimum Gasteiger partial charge on any atom is -0.366 e. The second-order valence-electron chi connectivity index (χ2n) is 6.96. The minimum atomic E-state index is -0.446. The van der Waals surface area contributed by atoms with E-state index in [2.05, 4.69) is 102 Å². The van der Waals surface area contributed by atoms with Gasteiger partial charge >= 0.3 is 22.4 Å². The van der Waals surface area contributed by atoms with E-state index in [1.165, 1.54) is 28.0 Å². The van der Waals surface area contributed by atoms with Crippen molar-refractivity contribution >= 4 is 34.7 Å². The summed E-state index contributed by atoms with van der Waals surface area (Å²) < 4.78 is 13.2. The van der Waals surface area contributed by atoms with Gasteiger partial charge in [0.2, 0.25) is 0 Å². The SMILES string of the molecule is [Au+].[C-]#Cc1ccc(F)c2cccnc12.c1ccc(P(c2ccccc2)c2ccccc2)cc1. The van der Waals surface area contributed by atoms with Crippen molar-refractivity contribution in [2.45, 2.75) is 0 Å². The first-order valence-electron chi connectivity index (χ1n) is 10.2. The molecule has 0 bridgehead atoms. The first-order valence-corrected chi connectivity index (χ1v) is 11.5. The van der Waals surface area contributed by atoms with Crippen molar-refractivity contribution in [3.8, 4) is 5.92 Å². The largest absolute Gasteiger partial charge is 1.00 e. The molecule has 0 atom stereocenters.